The van der Waals surface area contributed by atoms with Crippen LogP contribution in [0, 0.1) is 11.3 Å². The highest BCUT2D eigenvalue weighted by atomic mass is 14.9. The summed E-state index contributed by atoms with van der Waals surface area (Å²) in [5, 5.41) is 10.1. The molecule has 0 unspecified atom stereocenters. The van der Waals surface area contributed by atoms with Gasteiger partial charge < -0.3 is 4.57 Å². The van der Waals surface area contributed by atoms with Crippen LogP contribution in [-0.2, 0) is 7.05 Å². The Balaban J connectivity index is 2.24. The van der Waals surface area contributed by atoms with E-state index in [4.69, 9.17) is 5.26 Å². The van der Waals surface area contributed by atoms with Crippen molar-refractivity contribution in [2.45, 2.75) is 0 Å². The Kier molecular flexibility index (Phi) is 2.39. The van der Waals surface area contributed by atoms with E-state index in [2.05, 4.69) is 48.1 Å². The summed E-state index contributed by atoms with van der Waals surface area (Å²) in [4.78, 5) is 0. The van der Waals surface area contributed by atoms with Gasteiger partial charge in [-0.25, -0.2) is 0 Å². The van der Waals surface area contributed by atoms with Gasteiger partial charge >= 0.3 is 0 Å². The van der Waals surface area contributed by atoms with Crippen LogP contribution < -0.4 is 0 Å². The van der Waals surface area contributed by atoms with E-state index in [9.17, 15) is 0 Å². The Morgan fingerprint density at radius 2 is 1.78 bits per heavy atom. The third kappa shape index (κ3) is 1.57. The zero-order valence-corrected chi connectivity index (χ0v) is 10.1. The molecular weight excluding hydrogens is 220 g/mol. The molecule has 0 N–H and O–H groups in total. The van der Waals surface area contributed by atoms with Gasteiger partial charge in [-0.05, 0) is 23.8 Å². The van der Waals surface area contributed by atoms with Crippen molar-refractivity contribution < 1.29 is 0 Å². The second kappa shape index (κ2) is 4.05. The van der Waals surface area contributed by atoms with Crippen molar-refractivity contribution in [1.82, 2.24) is 4.57 Å². The summed E-state index contributed by atoms with van der Waals surface area (Å²) < 4.78 is 2.13. The molecule has 0 aliphatic rings. The summed E-state index contributed by atoms with van der Waals surface area (Å²) in [7, 11) is 2.05. The third-order valence-corrected chi connectivity index (χ3v) is 3.22. The van der Waals surface area contributed by atoms with Crippen LogP contribution in [0.5, 0.6) is 0 Å². The summed E-state index contributed by atoms with van der Waals surface area (Å²) in [5.74, 6) is 0. The van der Waals surface area contributed by atoms with E-state index in [0.717, 1.165) is 5.56 Å². The number of benzene rings is 2. The van der Waals surface area contributed by atoms with Crippen LogP contribution in [0.15, 0.2) is 54.7 Å². The van der Waals surface area contributed by atoms with E-state index in [0.29, 0.717) is 5.56 Å². The number of hydrogen-bond donors (Lipinski definition) is 0. The molecule has 0 aliphatic heterocycles. The molecule has 2 heteroatoms. The van der Waals surface area contributed by atoms with Crippen LogP contribution >= 0.6 is 0 Å². The van der Waals surface area contributed by atoms with Crippen molar-refractivity contribution in [3.05, 3.63) is 60.3 Å². The Hall–Kier alpha value is -2.53. The lowest BCUT2D eigenvalue weighted by atomic mass is 10.0. The average molecular weight is 232 g/mol. The topological polar surface area (TPSA) is 28.7 Å². The van der Waals surface area contributed by atoms with Gasteiger partial charge in [0.15, 0.2) is 0 Å². The van der Waals surface area contributed by atoms with Crippen molar-refractivity contribution in [3.8, 4) is 17.2 Å². The predicted molar refractivity (Wildman–Crippen MR) is 73.1 cm³/mol. The lowest BCUT2D eigenvalue weighted by molar-refractivity contribution is 0.970. The molecule has 0 fully saturated rings. The minimum Gasteiger partial charge on any atom is -0.350 e. The number of aromatic nitrogens is 1. The largest absolute Gasteiger partial charge is 0.350 e. The van der Waals surface area contributed by atoms with E-state index < -0.39 is 0 Å². The van der Waals surface area contributed by atoms with Crippen LogP contribution in [-0.4, -0.2) is 4.57 Å². The Morgan fingerprint density at radius 3 is 2.50 bits per heavy atom. The summed E-state index contributed by atoms with van der Waals surface area (Å²) in [6, 6.07) is 18.3. The number of nitriles is 1. The predicted octanol–water partition coefficient (Wildman–Crippen LogP) is 3.72. The van der Waals surface area contributed by atoms with E-state index in [1.54, 1.807) is 0 Å². The molecule has 1 aromatic heterocycles. The molecular formula is C16H12N2. The first-order valence-corrected chi connectivity index (χ1v) is 5.84. The van der Waals surface area contributed by atoms with E-state index in [1.807, 2.05) is 24.3 Å². The first-order valence-electron chi connectivity index (χ1n) is 5.84. The summed E-state index contributed by atoms with van der Waals surface area (Å²) in [5.41, 5.74) is 4.26. The van der Waals surface area contributed by atoms with E-state index in [-0.39, 0.29) is 0 Å². The maximum absolute atomic E-state index is 8.83. The van der Waals surface area contributed by atoms with Crippen LogP contribution in [0.1, 0.15) is 5.56 Å². The molecule has 0 spiro atoms. The van der Waals surface area contributed by atoms with Crippen molar-refractivity contribution in [3.63, 3.8) is 0 Å². The molecule has 0 aliphatic carbocycles. The summed E-state index contributed by atoms with van der Waals surface area (Å²) >= 11 is 0. The van der Waals surface area contributed by atoms with Gasteiger partial charge in [-0.2, -0.15) is 5.26 Å². The quantitative estimate of drug-likeness (QED) is 0.628. The van der Waals surface area contributed by atoms with Gasteiger partial charge in [-0.3, -0.25) is 0 Å². The number of hydrogen-bond acceptors (Lipinski definition) is 1. The second-order valence-corrected chi connectivity index (χ2v) is 4.36. The second-order valence-electron chi connectivity index (χ2n) is 4.36. The lowest BCUT2D eigenvalue weighted by Crippen LogP contribution is -1.88. The van der Waals surface area contributed by atoms with Gasteiger partial charge in [0.1, 0.15) is 0 Å². The minimum absolute atomic E-state index is 0.692. The zero-order chi connectivity index (χ0) is 12.5. The number of aryl methyl sites for hydroxylation is 1. The number of para-hydroxylation sites is 1. The monoisotopic (exact) mass is 232 g/mol. The van der Waals surface area contributed by atoms with E-state index >= 15 is 0 Å². The van der Waals surface area contributed by atoms with Gasteiger partial charge in [-0.15, -0.1) is 0 Å². The van der Waals surface area contributed by atoms with Crippen LogP contribution in [0.4, 0.5) is 0 Å². The Labute approximate surface area is 106 Å². The molecule has 0 radical (unpaired) electrons. The fraction of sp³-hybridized carbons (Fsp3) is 0.0625. The van der Waals surface area contributed by atoms with Crippen molar-refractivity contribution in [1.29, 1.82) is 5.26 Å². The fourth-order valence-corrected chi connectivity index (χ4v) is 2.31. The maximum atomic E-state index is 8.83. The molecule has 0 amide bonds. The molecule has 0 saturated carbocycles. The molecule has 0 bridgehead atoms. The van der Waals surface area contributed by atoms with Crippen LogP contribution in [0.2, 0.25) is 0 Å². The first kappa shape index (κ1) is 10.6. The molecule has 0 saturated heterocycles. The SMILES string of the molecule is Cn1ccc2cccc(-c3ccc(C#N)cc3)c21. The Morgan fingerprint density at radius 1 is 1.00 bits per heavy atom. The molecule has 1 heterocycles. The normalized spacial score (nSPS) is 10.4. The van der Waals surface area contributed by atoms with E-state index in [1.165, 1.54) is 16.5 Å². The van der Waals surface area contributed by atoms with Gasteiger partial charge in [0, 0.05) is 24.2 Å². The average Bonchev–Trinajstić information content (AvgIpc) is 2.81. The minimum atomic E-state index is 0.692. The van der Waals surface area contributed by atoms with Gasteiger partial charge in [0.2, 0.25) is 0 Å². The highest BCUT2D eigenvalue weighted by Crippen LogP contribution is 2.28. The van der Waals surface area contributed by atoms with Gasteiger partial charge in [0.25, 0.3) is 0 Å². The van der Waals surface area contributed by atoms with Crippen LogP contribution in [0.25, 0.3) is 22.0 Å². The standard InChI is InChI=1S/C16H12N2/c1-18-10-9-14-3-2-4-15(16(14)18)13-7-5-12(11-17)6-8-13/h2-10H,1H3. The molecule has 3 aromatic rings. The summed E-state index contributed by atoms with van der Waals surface area (Å²) in [6.45, 7) is 0. The molecule has 86 valence electrons. The summed E-state index contributed by atoms with van der Waals surface area (Å²) in [6.07, 6.45) is 2.07. The number of nitrogens with zero attached hydrogens (tertiary/aromatic N) is 2. The highest BCUT2D eigenvalue weighted by molar-refractivity contribution is 5.94. The van der Waals surface area contributed by atoms with Crippen molar-refractivity contribution >= 4 is 10.9 Å². The van der Waals surface area contributed by atoms with Gasteiger partial charge in [-0.1, -0.05) is 30.3 Å². The highest BCUT2D eigenvalue weighted by Gasteiger charge is 2.06. The maximum Gasteiger partial charge on any atom is 0.0991 e. The fourth-order valence-electron chi connectivity index (χ4n) is 2.31. The Bertz CT molecular complexity index is 743. The smallest absolute Gasteiger partial charge is 0.0991 e. The molecule has 2 aromatic carbocycles. The molecule has 18 heavy (non-hydrogen) atoms. The number of fused-ring (bicyclic) bond motifs is 1. The van der Waals surface area contributed by atoms with Gasteiger partial charge in [0.05, 0.1) is 17.1 Å². The number of rotatable bonds is 1. The van der Waals surface area contributed by atoms with Crippen LogP contribution in [0.3, 0.4) is 0 Å². The molecule has 3 rings (SSSR count). The zero-order valence-electron chi connectivity index (χ0n) is 10.1. The molecule has 2 nitrogen and oxygen atoms in total. The van der Waals surface area contributed by atoms with Crippen molar-refractivity contribution in [2.24, 2.45) is 7.05 Å². The molecule has 0 atom stereocenters. The lowest BCUT2D eigenvalue weighted by Gasteiger charge is -2.06. The van der Waals surface area contributed by atoms with Crippen molar-refractivity contribution in [2.75, 3.05) is 0 Å². The first-order chi connectivity index (χ1) is 8.79. The third-order valence-electron chi connectivity index (χ3n) is 3.22.